The van der Waals surface area contributed by atoms with E-state index in [9.17, 15) is 4.79 Å². The molecule has 0 aliphatic carbocycles. The molecule has 32 heavy (non-hydrogen) atoms. The summed E-state index contributed by atoms with van der Waals surface area (Å²) in [6.45, 7) is 5.61. The molecule has 164 valence electrons. The van der Waals surface area contributed by atoms with Gasteiger partial charge in [-0.05, 0) is 29.8 Å². The van der Waals surface area contributed by atoms with Gasteiger partial charge in [-0.2, -0.15) is 0 Å². The average Bonchev–Trinajstić information content (AvgIpc) is 2.89. The minimum atomic E-state index is 0.0793. The number of pyridine rings is 1. The first kappa shape index (κ1) is 20.5. The van der Waals surface area contributed by atoms with Crippen molar-refractivity contribution in [2.45, 2.75) is 6.04 Å². The Morgan fingerprint density at radius 2 is 1.53 bits per heavy atom. The number of carbonyl (C=O) groups is 1. The number of para-hydroxylation sites is 1. The molecule has 6 heteroatoms. The fraction of sp³-hybridized carbons (Fsp3) is 0.308. The minimum absolute atomic E-state index is 0.0793. The predicted octanol–water partition coefficient (Wildman–Crippen LogP) is 3.19. The van der Waals surface area contributed by atoms with Gasteiger partial charge in [-0.25, -0.2) is 4.98 Å². The Morgan fingerprint density at radius 1 is 0.812 bits per heavy atom. The SMILES string of the molecule is O=C(c1cccnc1N1CCN[C@@H](c2ccccc2)C1)N1CCN(c2ccccc2)CC1. The van der Waals surface area contributed by atoms with E-state index in [4.69, 9.17) is 0 Å². The Bertz CT molecular complexity index is 1030. The Labute approximate surface area is 189 Å². The van der Waals surface area contributed by atoms with E-state index in [0.29, 0.717) is 5.56 Å². The molecule has 2 aliphatic heterocycles. The molecule has 0 spiro atoms. The van der Waals surface area contributed by atoms with E-state index < -0.39 is 0 Å². The van der Waals surface area contributed by atoms with Crippen LogP contribution in [-0.2, 0) is 0 Å². The lowest BCUT2D eigenvalue weighted by atomic mass is 10.0. The van der Waals surface area contributed by atoms with Crippen molar-refractivity contribution in [3.8, 4) is 0 Å². The van der Waals surface area contributed by atoms with Crippen molar-refractivity contribution in [2.75, 3.05) is 55.6 Å². The highest BCUT2D eigenvalue weighted by Gasteiger charge is 2.28. The highest BCUT2D eigenvalue weighted by Crippen LogP contribution is 2.25. The molecule has 3 heterocycles. The number of amides is 1. The predicted molar refractivity (Wildman–Crippen MR) is 128 cm³/mol. The molecule has 0 radical (unpaired) electrons. The van der Waals surface area contributed by atoms with Gasteiger partial charge in [0.25, 0.3) is 5.91 Å². The van der Waals surface area contributed by atoms with E-state index in [2.05, 4.69) is 68.6 Å². The van der Waals surface area contributed by atoms with Gasteiger partial charge < -0.3 is 20.0 Å². The second-order valence-electron chi connectivity index (χ2n) is 8.35. The zero-order valence-electron chi connectivity index (χ0n) is 18.2. The average molecular weight is 428 g/mol. The van der Waals surface area contributed by atoms with E-state index in [1.165, 1.54) is 11.3 Å². The summed E-state index contributed by atoms with van der Waals surface area (Å²) in [6, 6.07) is 24.9. The monoisotopic (exact) mass is 427 g/mol. The smallest absolute Gasteiger partial charge is 0.257 e. The van der Waals surface area contributed by atoms with Crippen LogP contribution in [0.4, 0.5) is 11.5 Å². The van der Waals surface area contributed by atoms with Crippen LogP contribution in [0.15, 0.2) is 79.0 Å². The normalized spacial score (nSPS) is 19.1. The Hall–Kier alpha value is -3.38. The highest BCUT2D eigenvalue weighted by atomic mass is 16.2. The summed E-state index contributed by atoms with van der Waals surface area (Å²) >= 11 is 0. The summed E-state index contributed by atoms with van der Waals surface area (Å²) in [5.74, 6) is 0.876. The van der Waals surface area contributed by atoms with Crippen LogP contribution in [0.25, 0.3) is 0 Å². The van der Waals surface area contributed by atoms with E-state index in [-0.39, 0.29) is 11.9 Å². The van der Waals surface area contributed by atoms with Gasteiger partial charge in [0.05, 0.1) is 5.56 Å². The summed E-state index contributed by atoms with van der Waals surface area (Å²) in [7, 11) is 0. The van der Waals surface area contributed by atoms with Crippen molar-refractivity contribution in [3.63, 3.8) is 0 Å². The number of nitrogens with one attached hydrogen (secondary N) is 1. The van der Waals surface area contributed by atoms with Crippen LogP contribution in [0.5, 0.6) is 0 Å². The number of nitrogens with zero attached hydrogens (tertiary/aromatic N) is 4. The van der Waals surface area contributed by atoms with Crippen LogP contribution in [0.3, 0.4) is 0 Å². The van der Waals surface area contributed by atoms with E-state index in [1.54, 1.807) is 6.20 Å². The van der Waals surface area contributed by atoms with E-state index >= 15 is 0 Å². The van der Waals surface area contributed by atoms with Crippen LogP contribution >= 0.6 is 0 Å². The summed E-state index contributed by atoms with van der Waals surface area (Å²) < 4.78 is 0. The maximum absolute atomic E-state index is 13.5. The molecule has 0 saturated carbocycles. The van der Waals surface area contributed by atoms with Crippen molar-refractivity contribution in [2.24, 2.45) is 0 Å². The number of rotatable bonds is 4. The first-order chi connectivity index (χ1) is 15.8. The number of piperazine rings is 2. The summed E-state index contributed by atoms with van der Waals surface area (Å²) in [5.41, 5.74) is 3.18. The molecular formula is C26H29N5O. The maximum Gasteiger partial charge on any atom is 0.257 e. The van der Waals surface area contributed by atoms with Gasteiger partial charge in [0.2, 0.25) is 0 Å². The van der Waals surface area contributed by atoms with Gasteiger partial charge in [0.15, 0.2) is 0 Å². The van der Waals surface area contributed by atoms with E-state index in [0.717, 1.165) is 51.6 Å². The standard InChI is InChI=1S/C26H29N5O/c32-26(30-18-16-29(17-19-30)22-10-5-2-6-11-22)23-12-7-13-28-25(23)31-15-14-27-24(20-31)21-8-3-1-4-9-21/h1-13,24,27H,14-20H2/t24-/m1/s1. The molecule has 1 aromatic heterocycles. The summed E-state index contributed by atoms with van der Waals surface area (Å²) in [5, 5.41) is 3.60. The van der Waals surface area contributed by atoms with Crippen LogP contribution in [0, 0.1) is 0 Å². The summed E-state index contributed by atoms with van der Waals surface area (Å²) in [6.07, 6.45) is 1.79. The van der Waals surface area contributed by atoms with Crippen molar-refractivity contribution in [1.82, 2.24) is 15.2 Å². The van der Waals surface area contributed by atoms with Gasteiger partial charge in [0, 0.05) is 63.7 Å². The number of benzene rings is 2. The zero-order chi connectivity index (χ0) is 21.8. The largest absolute Gasteiger partial charge is 0.368 e. The molecule has 1 atom stereocenters. The molecule has 0 unspecified atom stereocenters. The summed E-state index contributed by atoms with van der Waals surface area (Å²) in [4.78, 5) is 24.7. The molecule has 1 N–H and O–H groups in total. The number of anilines is 2. The van der Waals surface area contributed by atoms with Crippen LogP contribution < -0.4 is 15.1 Å². The lowest BCUT2D eigenvalue weighted by Gasteiger charge is -2.38. The molecule has 5 rings (SSSR count). The lowest BCUT2D eigenvalue weighted by Crippen LogP contribution is -2.50. The van der Waals surface area contributed by atoms with Gasteiger partial charge in [-0.15, -0.1) is 0 Å². The first-order valence-electron chi connectivity index (χ1n) is 11.4. The van der Waals surface area contributed by atoms with Gasteiger partial charge >= 0.3 is 0 Å². The third kappa shape index (κ3) is 4.32. The molecule has 6 nitrogen and oxygen atoms in total. The van der Waals surface area contributed by atoms with Gasteiger partial charge in [0.1, 0.15) is 5.82 Å². The Balaban J connectivity index is 1.30. The van der Waals surface area contributed by atoms with Crippen molar-refractivity contribution in [3.05, 3.63) is 90.1 Å². The number of carbonyl (C=O) groups excluding carboxylic acids is 1. The fourth-order valence-corrected chi connectivity index (χ4v) is 4.64. The molecular weight excluding hydrogens is 398 g/mol. The van der Waals surface area contributed by atoms with Crippen LogP contribution in [0.2, 0.25) is 0 Å². The third-order valence-corrected chi connectivity index (χ3v) is 6.38. The van der Waals surface area contributed by atoms with Crippen molar-refractivity contribution >= 4 is 17.4 Å². The highest BCUT2D eigenvalue weighted by molar-refractivity contribution is 5.99. The van der Waals surface area contributed by atoms with Crippen LogP contribution in [0.1, 0.15) is 22.0 Å². The number of hydrogen-bond acceptors (Lipinski definition) is 5. The lowest BCUT2D eigenvalue weighted by molar-refractivity contribution is 0.0747. The second kappa shape index (κ2) is 9.40. The van der Waals surface area contributed by atoms with Crippen molar-refractivity contribution < 1.29 is 4.79 Å². The topological polar surface area (TPSA) is 51.7 Å². The van der Waals surface area contributed by atoms with Gasteiger partial charge in [-0.1, -0.05) is 48.5 Å². The zero-order valence-corrected chi connectivity index (χ0v) is 18.2. The fourth-order valence-electron chi connectivity index (χ4n) is 4.64. The molecule has 2 saturated heterocycles. The molecule has 2 aliphatic rings. The first-order valence-corrected chi connectivity index (χ1v) is 11.4. The van der Waals surface area contributed by atoms with Crippen molar-refractivity contribution in [1.29, 1.82) is 0 Å². The van der Waals surface area contributed by atoms with E-state index in [1.807, 2.05) is 29.2 Å². The number of aromatic nitrogens is 1. The Morgan fingerprint density at radius 3 is 2.28 bits per heavy atom. The molecule has 0 bridgehead atoms. The molecule has 1 amide bonds. The second-order valence-corrected chi connectivity index (χ2v) is 8.35. The van der Waals surface area contributed by atoms with Gasteiger partial charge in [-0.3, -0.25) is 4.79 Å². The number of hydrogen-bond donors (Lipinski definition) is 1. The molecule has 3 aromatic rings. The Kier molecular flexibility index (Phi) is 6.03. The molecule has 2 fully saturated rings. The van der Waals surface area contributed by atoms with Crippen LogP contribution in [-0.4, -0.2) is 61.6 Å². The quantitative estimate of drug-likeness (QED) is 0.693. The molecule has 2 aromatic carbocycles. The maximum atomic E-state index is 13.5. The third-order valence-electron chi connectivity index (χ3n) is 6.38. The minimum Gasteiger partial charge on any atom is -0.368 e.